The van der Waals surface area contributed by atoms with Gasteiger partial charge in [0.2, 0.25) is 0 Å². The van der Waals surface area contributed by atoms with Crippen molar-refractivity contribution in [2.75, 3.05) is 0 Å². The summed E-state index contributed by atoms with van der Waals surface area (Å²) in [6, 6.07) is 0. The third kappa shape index (κ3) is 1.39. The van der Waals surface area contributed by atoms with E-state index in [1.807, 2.05) is 0 Å². The van der Waals surface area contributed by atoms with Crippen LogP contribution in [-0.4, -0.2) is 6.98 Å². The summed E-state index contributed by atoms with van der Waals surface area (Å²) in [6.45, 7) is -4.68. The summed E-state index contributed by atoms with van der Waals surface area (Å²) in [5, 5.41) is 0. The van der Waals surface area contributed by atoms with Gasteiger partial charge in [-0.2, -0.15) is 0 Å². The minimum atomic E-state index is -4.68. The van der Waals surface area contributed by atoms with Crippen LogP contribution < -0.4 is 0 Å². The summed E-state index contributed by atoms with van der Waals surface area (Å²) in [7, 11) is 0. The summed E-state index contributed by atoms with van der Waals surface area (Å²) < 4.78 is 36.9. The molecule has 12 heavy (non-hydrogen) atoms. The molecule has 0 saturated heterocycles. The van der Waals surface area contributed by atoms with Gasteiger partial charge in [0.05, 0.1) is 0 Å². The quantitative estimate of drug-likeness (QED) is 0.537. The minimum Gasteiger partial charge on any atom is -0.445 e. The van der Waals surface area contributed by atoms with Gasteiger partial charge in [-0.05, 0) is 31.1 Å². The first-order chi connectivity index (χ1) is 5.55. The van der Waals surface area contributed by atoms with Gasteiger partial charge in [-0.15, -0.1) is 11.5 Å². The second kappa shape index (κ2) is 2.54. The standard InChI is InChI=1S/C8H11BF3/c10-9(11,12)8-4-6-1-2-7(3-6)5-8/h4,6-7H,1-3,5H2/q-1. The maximum Gasteiger partial charge on any atom is 0.505 e. The van der Waals surface area contributed by atoms with Crippen LogP contribution in [0.5, 0.6) is 0 Å². The number of allylic oxidation sites excluding steroid dienone is 2. The highest BCUT2D eigenvalue weighted by molar-refractivity contribution is 6.66. The zero-order valence-corrected chi connectivity index (χ0v) is 6.77. The van der Waals surface area contributed by atoms with E-state index < -0.39 is 6.98 Å². The lowest BCUT2D eigenvalue weighted by Crippen LogP contribution is -2.23. The Kier molecular flexibility index (Phi) is 1.74. The predicted molar refractivity (Wildman–Crippen MR) is 42.6 cm³/mol. The van der Waals surface area contributed by atoms with Crippen molar-refractivity contribution >= 4 is 6.98 Å². The second-order valence-corrected chi connectivity index (χ2v) is 3.96. The molecule has 2 aliphatic carbocycles. The van der Waals surface area contributed by atoms with Gasteiger partial charge in [-0.1, -0.05) is 6.42 Å². The lowest BCUT2D eigenvalue weighted by Gasteiger charge is -2.26. The van der Waals surface area contributed by atoms with Crippen molar-refractivity contribution in [2.24, 2.45) is 11.8 Å². The third-order valence-electron chi connectivity index (χ3n) is 2.98. The highest BCUT2D eigenvalue weighted by atomic mass is 19.4. The summed E-state index contributed by atoms with van der Waals surface area (Å²) in [4.78, 5) is 0. The van der Waals surface area contributed by atoms with E-state index >= 15 is 0 Å². The van der Waals surface area contributed by atoms with Crippen LogP contribution in [-0.2, 0) is 0 Å². The fourth-order valence-corrected chi connectivity index (χ4v) is 2.40. The number of rotatable bonds is 1. The maximum atomic E-state index is 12.3. The Labute approximate surface area is 69.9 Å². The van der Waals surface area contributed by atoms with Crippen molar-refractivity contribution in [3.8, 4) is 0 Å². The molecule has 0 radical (unpaired) electrons. The largest absolute Gasteiger partial charge is 0.505 e. The van der Waals surface area contributed by atoms with E-state index in [4.69, 9.17) is 0 Å². The number of hydrogen-bond donors (Lipinski definition) is 0. The summed E-state index contributed by atoms with van der Waals surface area (Å²) in [5.74, 6) is 0.570. The Morgan fingerprint density at radius 1 is 1.25 bits per heavy atom. The predicted octanol–water partition coefficient (Wildman–Crippen LogP) is 3.12. The van der Waals surface area contributed by atoms with Crippen LogP contribution in [0, 0.1) is 11.8 Å². The molecule has 1 saturated carbocycles. The van der Waals surface area contributed by atoms with Gasteiger partial charge in [0.15, 0.2) is 0 Å². The zero-order chi connectivity index (χ0) is 8.77. The average molecular weight is 175 g/mol. The Bertz CT molecular complexity index is 219. The van der Waals surface area contributed by atoms with Crippen molar-refractivity contribution in [3.05, 3.63) is 11.5 Å². The first-order valence-corrected chi connectivity index (χ1v) is 4.46. The number of hydrogen-bond acceptors (Lipinski definition) is 0. The molecule has 1 fully saturated rings. The normalized spacial score (nSPS) is 35.1. The smallest absolute Gasteiger partial charge is 0.445 e. The molecule has 2 rings (SSSR count). The molecule has 2 atom stereocenters. The summed E-state index contributed by atoms with van der Waals surface area (Å²) in [5.41, 5.74) is -0.214. The summed E-state index contributed by atoms with van der Waals surface area (Å²) in [6.07, 6.45) is 4.73. The van der Waals surface area contributed by atoms with E-state index in [1.54, 1.807) is 0 Å². The van der Waals surface area contributed by atoms with Gasteiger partial charge >= 0.3 is 6.98 Å². The van der Waals surface area contributed by atoms with Crippen LogP contribution in [0.1, 0.15) is 25.7 Å². The fraction of sp³-hybridized carbons (Fsp3) is 0.750. The molecule has 0 nitrogen and oxygen atoms in total. The van der Waals surface area contributed by atoms with Gasteiger partial charge < -0.3 is 12.9 Å². The number of halogens is 3. The van der Waals surface area contributed by atoms with Gasteiger partial charge in [0.25, 0.3) is 0 Å². The Morgan fingerprint density at radius 2 is 2.00 bits per heavy atom. The van der Waals surface area contributed by atoms with E-state index in [9.17, 15) is 12.9 Å². The molecular formula is C8H11BF3-. The van der Waals surface area contributed by atoms with Crippen molar-refractivity contribution in [2.45, 2.75) is 25.7 Å². The molecule has 0 amide bonds. The lowest BCUT2D eigenvalue weighted by atomic mass is 9.70. The Morgan fingerprint density at radius 3 is 2.58 bits per heavy atom. The molecule has 4 heteroatoms. The first kappa shape index (κ1) is 8.20. The Hall–Kier alpha value is -0.405. The monoisotopic (exact) mass is 175 g/mol. The van der Waals surface area contributed by atoms with Crippen molar-refractivity contribution in [1.29, 1.82) is 0 Å². The van der Waals surface area contributed by atoms with E-state index in [0.717, 1.165) is 19.3 Å². The minimum absolute atomic E-state index is 0.214. The molecule has 0 aromatic heterocycles. The van der Waals surface area contributed by atoms with Crippen LogP contribution >= 0.6 is 0 Å². The van der Waals surface area contributed by atoms with Crippen LogP contribution in [0.15, 0.2) is 11.5 Å². The van der Waals surface area contributed by atoms with E-state index in [-0.39, 0.29) is 11.4 Å². The molecule has 2 unspecified atom stereocenters. The highest BCUT2D eigenvalue weighted by Crippen LogP contribution is 2.43. The average Bonchev–Trinajstić information content (AvgIpc) is 2.28. The fourth-order valence-electron chi connectivity index (χ4n) is 2.40. The highest BCUT2D eigenvalue weighted by Gasteiger charge is 2.36. The molecule has 0 N–H and O–H groups in total. The topological polar surface area (TPSA) is 0 Å². The molecule has 68 valence electrons. The van der Waals surface area contributed by atoms with E-state index in [0.29, 0.717) is 12.3 Å². The molecule has 2 bridgehead atoms. The van der Waals surface area contributed by atoms with Crippen LogP contribution in [0.25, 0.3) is 0 Å². The second-order valence-electron chi connectivity index (χ2n) is 3.96. The SMILES string of the molecule is F[B-](F)(F)C1=CC2CCC(C1)C2. The van der Waals surface area contributed by atoms with Gasteiger partial charge in [-0.3, -0.25) is 0 Å². The van der Waals surface area contributed by atoms with Crippen LogP contribution in [0.2, 0.25) is 0 Å². The lowest BCUT2D eigenvalue weighted by molar-refractivity contribution is 0.449. The van der Waals surface area contributed by atoms with Gasteiger partial charge in [-0.25, -0.2) is 0 Å². The Balaban J connectivity index is 2.18. The van der Waals surface area contributed by atoms with Gasteiger partial charge in [0, 0.05) is 0 Å². The van der Waals surface area contributed by atoms with Crippen molar-refractivity contribution in [1.82, 2.24) is 0 Å². The number of fused-ring (bicyclic) bond motifs is 2. The summed E-state index contributed by atoms with van der Waals surface area (Å²) >= 11 is 0. The molecular weight excluding hydrogens is 164 g/mol. The molecule has 0 spiro atoms. The molecule has 0 aromatic rings. The maximum absolute atomic E-state index is 12.3. The van der Waals surface area contributed by atoms with Crippen LogP contribution in [0.3, 0.4) is 0 Å². The van der Waals surface area contributed by atoms with Gasteiger partial charge in [0.1, 0.15) is 0 Å². The molecule has 0 aromatic carbocycles. The first-order valence-electron chi connectivity index (χ1n) is 4.46. The van der Waals surface area contributed by atoms with Crippen LogP contribution in [0.4, 0.5) is 12.9 Å². The molecule has 0 aliphatic heterocycles. The van der Waals surface area contributed by atoms with Crippen molar-refractivity contribution in [3.63, 3.8) is 0 Å². The van der Waals surface area contributed by atoms with E-state index in [2.05, 4.69) is 0 Å². The van der Waals surface area contributed by atoms with Crippen molar-refractivity contribution < 1.29 is 12.9 Å². The third-order valence-corrected chi connectivity index (χ3v) is 2.98. The zero-order valence-electron chi connectivity index (χ0n) is 6.77. The molecule has 2 aliphatic rings. The molecule has 0 heterocycles. The van der Waals surface area contributed by atoms with E-state index in [1.165, 1.54) is 6.08 Å².